The number of aliphatic imine (C=N–C) groups is 1. The molecule has 0 saturated carbocycles. The Morgan fingerprint density at radius 2 is 1.55 bits per heavy atom. The van der Waals surface area contributed by atoms with Crippen molar-refractivity contribution in [2.75, 3.05) is 7.05 Å². The first-order chi connectivity index (χ1) is 5.00. The molecule has 0 saturated heterocycles. The van der Waals surface area contributed by atoms with Gasteiger partial charge >= 0.3 is 0 Å². The average Bonchev–Trinajstić information content (AvgIpc) is 2.00. The Morgan fingerprint density at radius 1 is 1.09 bits per heavy atom. The van der Waals surface area contributed by atoms with Gasteiger partial charge in [-0.2, -0.15) is 0 Å². The minimum absolute atomic E-state index is 0.625. The summed E-state index contributed by atoms with van der Waals surface area (Å²) in [6.07, 6.45) is 0. The monoisotopic (exact) mass is 155 g/mol. The van der Waals surface area contributed by atoms with Gasteiger partial charge in [0.2, 0.25) is 0 Å². The lowest BCUT2D eigenvalue weighted by Gasteiger charge is -2.22. The molecule has 0 rings (SSSR count). The Hall–Kier alpha value is -0.330. The highest BCUT2D eigenvalue weighted by molar-refractivity contribution is 5.84. The third-order valence-electron chi connectivity index (χ3n) is 2.85. The summed E-state index contributed by atoms with van der Waals surface area (Å²) in [6, 6.07) is 0. The molecule has 0 aromatic rings. The summed E-state index contributed by atoms with van der Waals surface area (Å²) >= 11 is 0. The van der Waals surface area contributed by atoms with Gasteiger partial charge in [-0.05, 0) is 24.7 Å². The standard InChI is InChI=1S/C10H21N/c1-7(2)8(3)9(4)10(5)11-6/h7-9H,1-6H3. The minimum atomic E-state index is 0.625. The predicted molar refractivity (Wildman–Crippen MR) is 52.2 cm³/mol. The Labute approximate surface area is 70.9 Å². The summed E-state index contributed by atoms with van der Waals surface area (Å²) in [6.45, 7) is 11.2. The predicted octanol–water partition coefficient (Wildman–Crippen LogP) is 3.01. The lowest BCUT2D eigenvalue weighted by molar-refractivity contribution is 0.357. The van der Waals surface area contributed by atoms with Crippen LogP contribution in [-0.2, 0) is 0 Å². The van der Waals surface area contributed by atoms with Crippen molar-refractivity contribution < 1.29 is 0 Å². The van der Waals surface area contributed by atoms with Gasteiger partial charge in [0.25, 0.3) is 0 Å². The summed E-state index contributed by atoms with van der Waals surface area (Å²) in [5.74, 6) is 2.11. The molecular formula is C10H21N. The molecule has 0 spiro atoms. The van der Waals surface area contributed by atoms with Gasteiger partial charge in [-0.15, -0.1) is 0 Å². The van der Waals surface area contributed by atoms with Gasteiger partial charge in [-0.1, -0.05) is 27.7 Å². The van der Waals surface area contributed by atoms with E-state index in [1.807, 2.05) is 7.05 Å². The maximum absolute atomic E-state index is 4.21. The molecule has 2 unspecified atom stereocenters. The van der Waals surface area contributed by atoms with Crippen molar-refractivity contribution >= 4 is 5.71 Å². The van der Waals surface area contributed by atoms with Crippen LogP contribution in [0.25, 0.3) is 0 Å². The van der Waals surface area contributed by atoms with Crippen LogP contribution in [0.15, 0.2) is 4.99 Å². The Morgan fingerprint density at radius 3 is 1.82 bits per heavy atom. The molecule has 0 aliphatic rings. The molecule has 0 N–H and O–H groups in total. The molecular weight excluding hydrogens is 134 g/mol. The molecule has 0 fully saturated rings. The molecule has 0 aliphatic carbocycles. The molecule has 0 radical (unpaired) electrons. The van der Waals surface area contributed by atoms with Crippen molar-refractivity contribution in [3.8, 4) is 0 Å². The number of hydrogen-bond donors (Lipinski definition) is 0. The highest BCUT2D eigenvalue weighted by atomic mass is 14.7. The maximum atomic E-state index is 4.21. The first-order valence-electron chi connectivity index (χ1n) is 4.44. The zero-order valence-electron chi connectivity index (χ0n) is 8.68. The van der Waals surface area contributed by atoms with E-state index in [4.69, 9.17) is 0 Å². The summed E-state index contributed by atoms with van der Waals surface area (Å²) in [7, 11) is 1.87. The van der Waals surface area contributed by atoms with Crippen molar-refractivity contribution in [2.45, 2.75) is 34.6 Å². The zero-order valence-corrected chi connectivity index (χ0v) is 8.68. The van der Waals surface area contributed by atoms with Gasteiger partial charge in [0, 0.05) is 12.8 Å². The van der Waals surface area contributed by atoms with Crippen LogP contribution >= 0.6 is 0 Å². The van der Waals surface area contributed by atoms with Gasteiger partial charge in [0.15, 0.2) is 0 Å². The second-order valence-corrected chi connectivity index (χ2v) is 3.76. The van der Waals surface area contributed by atoms with Crippen LogP contribution in [0.3, 0.4) is 0 Å². The van der Waals surface area contributed by atoms with Crippen molar-refractivity contribution in [2.24, 2.45) is 22.7 Å². The average molecular weight is 155 g/mol. The molecule has 0 aromatic carbocycles. The van der Waals surface area contributed by atoms with E-state index in [2.05, 4.69) is 39.6 Å². The van der Waals surface area contributed by atoms with Crippen LogP contribution in [0.2, 0.25) is 0 Å². The third-order valence-corrected chi connectivity index (χ3v) is 2.85. The quantitative estimate of drug-likeness (QED) is 0.556. The molecule has 1 nitrogen and oxygen atoms in total. The van der Waals surface area contributed by atoms with Gasteiger partial charge < -0.3 is 0 Å². The molecule has 0 amide bonds. The SMILES string of the molecule is CN=C(C)C(C)C(C)C(C)C. The molecule has 2 atom stereocenters. The molecule has 0 aromatic heterocycles. The van der Waals surface area contributed by atoms with Crippen molar-refractivity contribution in [3.05, 3.63) is 0 Å². The largest absolute Gasteiger partial charge is 0.297 e. The van der Waals surface area contributed by atoms with Gasteiger partial charge in [0.1, 0.15) is 0 Å². The Kier molecular flexibility index (Phi) is 4.39. The van der Waals surface area contributed by atoms with Gasteiger partial charge in [0.05, 0.1) is 0 Å². The summed E-state index contributed by atoms with van der Waals surface area (Å²) in [5, 5.41) is 0. The van der Waals surface area contributed by atoms with E-state index in [-0.39, 0.29) is 0 Å². The summed E-state index contributed by atoms with van der Waals surface area (Å²) in [4.78, 5) is 4.21. The number of rotatable bonds is 3. The molecule has 0 heterocycles. The fraction of sp³-hybridized carbons (Fsp3) is 0.900. The number of hydrogen-bond acceptors (Lipinski definition) is 1. The fourth-order valence-corrected chi connectivity index (χ4v) is 1.16. The highest BCUT2D eigenvalue weighted by Crippen LogP contribution is 2.20. The second-order valence-electron chi connectivity index (χ2n) is 3.76. The van der Waals surface area contributed by atoms with Crippen LogP contribution in [0.5, 0.6) is 0 Å². The lowest BCUT2D eigenvalue weighted by Crippen LogP contribution is -2.20. The van der Waals surface area contributed by atoms with E-state index in [0.717, 1.165) is 11.8 Å². The molecule has 0 bridgehead atoms. The molecule has 0 aliphatic heterocycles. The first kappa shape index (κ1) is 10.7. The third kappa shape index (κ3) is 3.04. The van der Waals surface area contributed by atoms with E-state index < -0.39 is 0 Å². The smallest absolute Gasteiger partial charge is 0.0276 e. The van der Waals surface area contributed by atoms with Crippen LogP contribution < -0.4 is 0 Å². The van der Waals surface area contributed by atoms with E-state index in [1.54, 1.807) is 0 Å². The maximum Gasteiger partial charge on any atom is 0.0276 e. The van der Waals surface area contributed by atoms with Crippen LogP contribution in [0, 0.1) is 17.8 Å². The van der Waals surface area contributed by atoms with Crippen molar-refractivity contribution in [1.29, 1.82) is 0 Å². The normalized spacial score (nSPS) is 18.6. The topological polar surface area (TPSA) is 12.4 Å². The summed E-state index contributed by atoms with van der Waals surface area (Å²) < 4.78 is 0. The van der Waals surface area contributed by atoms with E-state index in [1.165, 1.54) is 5.71 Å². The Bertz CT molecular complexity index is 136. The molecule has 11 heavy (non-hydrogen) atoms. The van der Waals surface area contributed by atoms with Crippen molar-refractivity contribution in [3.63, 3.8) is 0 Å². The fourth-order valence-electron chi connectivity index (χ4n) is 1.16. The first-order valence-corrected chi connectivity index (χ1v) is 4.44. The van der Waals surface area contributed by atoms with E-state index in [9.17, 15) is 0 Å². The van der Waals surface area contributed by atoms with E-state index in [0.29, 0.717) is 5.92 Å². The lowest BCUT2D eigenvalue weighted by atomic mass is 9.84. The molecule has 1 heteroatoms. The van der Waals surface area contributed by atoms with Gasteiger partial charge in [-0.25, -0.2) is 0 Å². The van der Waals surface area contributed by atoms with Gasteiger partial charge in [-0.3, -0.25) is 4.99 Å². The zero-order chi connectivity index (χ0) is 9.02. The highest BCUT2D eigenvalue weighted by Gasteiger charge is 2.17. The van der Waals surface area contributed by atoms with Crippen LogP contribution in [0.4, 0.5) is 0 Å². The van der Waals surface area contributed by atoms with E-state index >= 15 is 0 Å². The van der Waals surface area contributed by atoms with Crippen molar-refractivity contribution in [1.82, 2.24) is 0 Å². The number of nitrogens with zero attached hydrogens (tertiary/aromatic N) is 1. The summed E-state index contributed by atoms with van der Waals surface area (Å²) in [5.41, 5.74) is 1.27. The van der Waals surface area contributed by atoms with Crippen LogP contribution in [0.1, 0.15) is 34.6 Å². The Balaban J connectivity index is 4.13. The second kappa shape index (κ2) is 4.53. The van der Waals surface area contributed by atoms with Crippen LogP contribution in [-0.4, -0.2) is 12.8 Å². The minimum Gasteiger partial charge on any atom is -0.297 e. The molecule has 66 valence electrons.